The van der Waals surface area contributed by atoms with Gasteiger partial charge < -0.3 is 4.57 Å². The number of hydrogen-bond donors (Lipinski definition) is 2. The quantitative estimate of drug-likeness (QED) is 0.506. The molecule has 0 saturated carbocycles. The molecule has 4 nitrogen and oxygen atoms in total. The van der Waals surface area contributed by atoms with Crippen LogP contribution >= 0.6 is 15.9 Å². The highest BCUT2D eigenvalue weighted by Gasteiger charge is 2.13. The smallest absolute Gasteiger partial charge is 0.282 e. The molecule has 0 fully saturated rings. The highest BCUT2D eigenvalue weighted by Crippen LogP contribution is 2.20. The first-order valence-electron chi connectivity index (χ1n) is 4.77. The zero-order chi connectivity index (χ0) is 12.4. The number of nitrogen functional groups attached to an aromatic ring is 1. The molecule has 1 aromatic carbocycles. The maximum Gasteiger partial charge on any atom is 0.282 e. The fraction of sp³-hybridized carbons (Fsp3) is 0. The Morgan fingerprint density at radius 1 is 1.41 bits per heavy atom. The Morgan fingerprint density at radius 2 is 2.18 bits per heavy atom. The summed E-state index contributed by atoms with van der Waals surface area (Å²) in [4.78, 5) is 11.5. The van der Waals surface area contributed by atoms with Gasteiger partial charge in [-0.2, -0.15) is 0 Å². The summed E-state index contributed by atoms with van der Waals surface area (Å²) in [5, 5.41) is 0. The number of hydrazine groups is 1. The van der Waals surface area contributed by atoms with Gasteiger partial charge in [-0.05, 0) is 30.3 Å². The monoisotopic (exact) mass is 297 g/mol. The molecule has 6 heteroatoms. The van der Waals surface area contributed by atoms with E-state index in [4.69, 9.17) is 5.84 Å². The van der Waals surface area contributed by atoms with Crippen molar-refractivity contribution in [2.24, 2.45) is 5.84 Å². The van der Waals surface area contributed by atoms with Crippen LogP contribution in [0.15, 0.2) is 41.0 Å². The Bertz CT molecular complexity index is 568. The van der Waals surface area contributed by atoms with Crippen molar-refractivity contribution in [3.63, 3.8) is 0 Å². The Morgan fingerprint density at radius 3 is 2.82 bits per heavy atom. The number of carbonyl (C=O) groups excluding carboxylic acids is 1. The average molecular weight is 298 g/mol. The van der Waals surface area contributed by atoms with Gasteiger partial charge in [-0.15, -0.1) is 0 Å². The van der Waals surface area contributed by atoms with Gasteiger partial charge >= 0.3 is 0 Å². The van der Waals surface area contributed by atoms with Crippen molar-refractivity contribution >= 4 is 21.8 Å². The van der Waals surface area contributed by atoms with Crippen LogP contribution < -0.4 is 11.3 Å². The van der Waals surface area contributed by atoms with E-state index in [1.807, 2.05) is 5.43 Å². The van der Waals surface area contributed by atoms with E-state index in [-0.39, 0.29) is 11.4 Å². The minimum atomic E-state index is -0.475. The summed E-state index contributed by atoms with van der Waals surface area (Å²) >= 11 is 3.17. The number of halogens is 2. The second kappa shape index (κ2) is 4.68. The maximum atomic E-state index is 13.7. The number of carbonyl (C=O) groups is 1. The standard InChI is InChI=1S/C11H9BrFN3O/c12-7-3-4-9(8(13)6-7)16-5-1-2-10(16)11(17)15-14/h1-6H,14H2,(H,15,17). The summed E-state index contributed by atoms with van der Waals surface area (Å²) in [5.41, 5.74) is 2.58. The van der Waals surface area contributed by atoms with Gasteiger partial charge in [-0.25, -0.2) is 10.2 Å². The van der Waals surface area contributed by atoms with Crippen molar-refractivity contribution in [1.29, 1.82) is 0 Å². The summed E-state index contributed by atoms with van der Waals surface area (Å²) in [5.74, 6) is 4.15. The van der Waals surface area contributed by atoms with Crippen LogP contribution in [0.5, 0.6) is 0 Å². The third-order valence-electron chi connectivity index (χ3n) is 2.28. The minimum Gasteiger partial charge on any atom is -0.310 e. The first-order chi connectivity index (χ1) is 8.13. The van der Waals surface area contributed by atoms with E-state index in [0.717, 1.165) is 0 Å². The van der Waals surface area contributed by atoms with Gasteiger partial charge in [-0.3, -0.25) is 10.2 Å². The Labute approximate surface area is 105 Å². The molecule has 0 aliphatic carbocycles. The Balaban J connectivity index is 2.53. The molecule has 0 aliphatic rings. The highest BCUT2D eigenvalue weighted by molar-refractivity contribution is 9.10. The highest BCUT2D eigenvalue weighted by atomic mass is 79.9. The van der Waals surface area contributed by atoms with Gasteiger partial charge in [0.05, 0.1) is 5.69 Å². The van der Waals surface area contributed by atoms with E-state index >= 15 is 0 Å². The van der Waals surface area contributed by atoms with E-state index in [9.17, 15) is 9.18 Å². The van der Waals surface area contributed by atoms with Crippen molar-refractivity contribution < 1.29 is 9.18 Å². The van der Waals surface area contributed by atoms with E-state index < -0.39 is 11.7 Å². The largest absolute Gasteiger partial charge is 0.310 e. The molecule has 0 bridgehead atoms. The molecule has 1 heterocycles. The number of amides is 1. The molecule has 0 unspecified atom stereocenters. The average Bonchev–Trinajstić information content (AvgIpc) is 2.77. The van der Waals surface area contributed by atoms with Gasteiger partial charge in [-0.1, -0.05) is 15.9 Å². The number of benzene rings is 1. The summed E-state index contributed by atoms with van der Waals surface area (Å²) in [6.07, 6.45) is 1.59. The van der Waals surface area contributed by atoms with Crippen molar-refractivity contribution in [3.8, 4) is 5.69 Å². The fourth-order valence-corrected chi connectivity index (χ4v) is 1.86. The molecule has 88 valence electrons. The fourth-order valence-electron chi connectivity index (χ4n) is 1.53. The van der Waals surface area contributed by atoms with Gasteiger partial charge in [0.25, 0.3) is 5.91 Å². The van der Waals surface area contributed by atoms with Gasteiger partial charge in [0, 0.05) is 10.7 Å². The lowest BCUT2D eigenvalue weighted by atomic mass is 10.3. The third kappa shape index (κ3) is 2.22. The molecular weight excluding hydrogens is 289 g/mol. The molecule has 0 aliphatic heterocycles. The SMILES string of the molecule is NNC(=O)c1cccn1-c1ccc(Br)cc1F. The second-order valence-electron chi connectivity index (χ2n) is 3.33. The van der Waals surface area contributed by atoms with E-state index in [2.05, 4.69) is 15.9 Å². The second-order valence-corrected chi connectivity index (χ2v) is 4.25. The summed E-state index contributed by atoms with van der Waals surface area (Å²) in [7, 11) is 0. The first kappa shape index (κ1) is 11.8. The van der Waals surface area contributed by atoms with Gasteiger partial charge in [0.2, 0.25) is 0 Å². The normalized spacial score (nSPS) is 10.3. The van der Waals surface area contributed by atoms with Crippen molar-refractivity contribution in [1.82, 2.24) is 9.99 Å². The zero-order valence-corrected chi connectivity index (χ0v) is 10.2. The summed E-state index contributed by atoms with van der Waals surface area (Å²) in [6.45, 7) is 0. The number of nitrogens with one attached hydrogen (secondary N) is 1. The number of nitrogens with two attached hydrogens (primary N) is 1. The molecule has 0 atom stereocenters. The minimum absolute atomic E-state index is 0.272. The van der Waals surface area contributed by atoms with Crippen LogP contribution in [0.2, 0.25) is 0 Å². The van der Waals surface area contributed by atoms with Crippen LogP contribution in [0, 0.1) is 5.82 Å². The van der Waals surface area contributed by atoms with Crippen LogP contribution in [-0.2, 0) is 0 Å². The number of rotatable bonds is 2. The van der Waals surface area contributed by atoms with Crippen LogP contribution in [0.1, 0.15) is 10.5 Å². The lowest BCUT2D eigenvalue weighted by Crippen LogP contribution is -2.31. The molecule has 1 amide bonds. The molecule has 0 saturated heterocycles. The molecule has 1 aromatic heterocycles. The summed E-state index contributed by atoms with van der Waals surface area (Å²) in [6, 6.07) is 7.81. The van der Waals surface area contributed by atoms with Crippen molar-refractivity contribution in [2.45, 2.75) is 0 Å². The van der Waals surface area contributed by atoms with Gasteiger partial charge in [0.1, 0.15) is 11.5 Å². The predicted molar refractivity (Wildman–Crippen MR) is 65.1 cm³/mol. The Kier molecular flexibility index (Phi) is 3.26. The molecule has 0 radical (unpaired) electrons. The topological polar surface area (TPSA) is 60.0 Å². The molecule has 0 spiro atoms. The molecule has 2 aromatic rings. The lowest BCUT2D eigenvalue weighted by molar-refractivity contribution is 0.0947. The van der Waals surface area contributed by atoms with Crippen molar-refractivity contribution in [2.75, 3.05) is 0 Å². The number of nitrogens with zero attached hydrogens (tertiary/aromatic N) is 1. The van der Waals surface area contributed by atoms with Crippen LogP contribution in [0.25, 0.3) is 5.69 Å². The number of hydrogen-bond acceptors (Lipinski definition) is 2. The van der Waals surface area contributed by atoms with Crippen LogP contribution in [0.4, 0.5) is 4.39 Å². The summed E-state index contributed by atoms with van der Waals surface area (Å²) < 4.78 is 15.8. The van der Waals surface area contributed by atoms with Gasteiger partial charge in [0.15, 0.2) is 0 Å². The van der Waals surface area contributed by atoms with Crippen LogP contribution in [-0.4, -0.2) is 10.5 Å². The van der Waals surface area contributed by atoms with E-state index in [0.29, 0.717) is 4.47 Å². The first-order valence-corrected chi connectivity index (χ1v) is 5.56. The van der Waals surface area contributed by atoms with Crippen molar-refractivity contribution in [3.05, 3.63) is 52.5 Å². The molecular formula is C11H9BrFN3O. The Hall–Kier alpha value is -1.66. The lowest BCUT2D eigenvalue weighted by Gasteiger charge is -2.09. The van der Waals surface area contributed by atoms with E-state index in [1.165, 1.54) is 10.6 Å². The predicted octanol–water partition coefficient (Wildman–Crippen LogP) is 1.98. The van der Waals surface area contributed by atoms with Crippen LogP contribution in [0.3, 0.4) is 0 Å². The number of aromatic nitrogens is 1. The molecule has 2 rings (SSSR count). The van der Waals surface area contributed by atoms with E-state index in [1.54, 1.807) is 30.5 Å². The maximum absolute atomic E-state index is 13.7. The third-order valence-corrected chi connectivity index (χ3v) is 2.78. The molecule has 3 N–H and O–H groups in total. The zero-order valence-electron chi connectivity index (χ0n) is 8.65. The molecule has 17 heavy (non-hydrogen) atoms.